The van der Waals surface area contributed by atoms with Crippen LogP contribution in [0, 0.1) is 28.9 Å². The van der Waals surface area contributed by atoms with E-state index < -0.39 is 23.8 Å². The van der Waals surface area contributed by atoms with Crippen LogP contribution in [0.15, 0.2) is 36.5 Å². The number of nitrogens with one attached hydrogen (secondary N) is 2. The number of aliphatic hydroxyl groups is 1. The van der Waals surface area contributed by atoms with Gasteiger partial charge in [-0.05, 0) is 43.2 Å². The molecule has 2 aliphatic heterocycles. The van der Waals surface area contributed by atoms with Crippen LogP contribution in [-0.4, -0.2) is 119 Å². The molecule has 2 aromatic carbocycles. The lowest BCUT2D eigenvalue weighted by Crippen LogP contribution is -2.56. The maximum absolute atomic E-state index is 14.0. The number of carbonyl (C=O) groups excluding carboxylic acids is 3. The summed E-state index contributed by atoms with van der Waals surface area (Å²) in [6.45, 7) is 2.67. The van der Waals surface area contributed by atoms with Gasteiger partial charge in [-0.15, -0.1) is 0 Å². The third-order valence-corrected chi connectivity index (χ3v) is 8.71. The molecule has 2 aliphatic rings. The number of alkyl halides is 3. The van der Waals surface area contributed by atoms with E-state index in [4.69, 9.17) is 31.5 Å². The van der Waals surface area contributed by atoms with E-state index in [0.29, 0.717) is 62.4 Å². The van der Waals surface area contributed by atoms with Gasteiger partial charge in [0.05, 0.1) is 29.1 Å². The number of benzene rings is 2. The molecule has 292 valence electrons. The predicted molar refractivity (Wildman–Crippen MR) is 184 cm³/mol. The number of hydrogen-bond acceptors (Lipinski definition) is 10. The molecule has 4 N–H and O–H groups in total. The molecule has 54 heavy (non-hydrogen) atoms. The standard InChI is InChI=1S/C19H27ClN4O3.C13H9F2N3O2.C2HF3O2/c1-21-14-2-3-16(17(20)10-14)19(27)23-7-4-13(5-8-23)18(26)24-9-6-22-15(11-24)12-25;1-18-9(6-17-11(18)7-19)8-2-3-10(20-5-4-16)13(15)12(8)14;3-2(4,5)1(6)7/h2-3,10,13,15,21-22,25H,4-9,11-12H2,1H3;2-3,6-7H,5H2,1H3;(H,6,7)/t15-;;/m1../s1. The van der Waals surface area contributed by atoms with Crippen molar-refractivity contribution in [1.29, 1.82) is 5.26 Å². The minimum absolute atomic E-state index is 0.0316. The van der Waals surface area contributed by atoms with Gasteiger partial charge in [0, 0.05) is 70.0 Å². The lowest BCUT2D eigenvalue weighted by Gasteiger charge is -2.38. The number of hydrogen-bond donors (Lipinski definition) is 4. The van der Waals surface area contributed by atoms with Gasteiger partial charge in [-0.3, -0.25) is 14.4 Å². The number of carboxylic acids is 1. The molecule has 0 saturated carbocycles. The van der Waals surface area contributed by atoms with Gasteiger partial charge < -0.3 is 40.0 Å². The lowest BCUT2D eigenvalue weighted by molar-refractivity contribution is -0.192. The Balaban J connectivity index is 0.000000255. The Kier molecular flexibility index (Phi) is 15.7. The van der Waals surface area contributed by atoms with E-state index in [9.17, 15) is 41.4 Å². The number of anilines is 1. The first-order valence-corrected chi connectivity index (χ1v) is 16.6. The Morgan fingerprint density at radius 1 is 1.13 bits per heavy atom. The van der Waals surface area contributed by atoms with Gasteiger partial charge in [0.15, 0.2) is 30.3 Å². The first kappa shape index (κ1) is 43.1. The van der Waals surface area contributed by atoms with Crippen LogP contribution in [0.5, 0.6) is 5.75 Å². The topological polar surface area (TPSA) is 190 Å². The van der Waals surface area contributed by atoms with Crippen molar-refractivity contribution in [1.82, 2.24) is 24.7 Å². The minimum Gasteiger partial charge on any atom is -0.476 e. The largest absolute Gasteiger partial charge is 0.490 e. The Labute approximate surface area is 311 Å². The van der Waals surface area contributed by atoms with E-state index in [2.05, 4.69) is 15.6 Å². The Hall–Kier alpha value is -5.32. The zero-order chi connectivity index (χ0) is 40.2. The Morgan fingerprint density at radius 2 is 1.80 bits per heavy atom. The van der Waals surface area contributed by atoms with E-state index in [1.807, 2.05) is 11.0 Å². The molecule has 20 heteroatoms. The van der Waals surface area contributed by atoms with Crippen LogP contribution in [0.4, 0.5) is 27.6 Å². The second kappa shape index (κ2) is 19.7. The van der Waals surface area contributed by atoms with Crippen molar-refractivity contribution in [3.63, 3.8) is 0 Å². The maximum atomic E-state index is 14.0. The number of rotatable bonds is 8. The quantitative estimate of drug-likeness (QED) is 0.192. The van der Waals surface area contributed by atoms with Crippen LogP contribution in [0.3, 0.4) is 0 Å². The number of amides is 2. The van der Waals surface area contributed by atoms with E-state index in [-0.39, 0.29) is 59.8 Å². The van der Waals surface area contributed by atoms with Crippen molar-refractivity contribution in [2.45, 2.75) is 25.1 Å². The first-order valence-electron chi connectivity index (χ1n) is 16.2. The fourth-order valence-electron chi connectivity index (χ4n) is 5.48. The lowest BCUT2D eigenvalue weighted by atomic mass is 9.94. The highest BCUT2D eigenvalue weighted by Gasteiger charge is 2.38. The van der Waals surface area contributed by atoms with Crippen LogP contribution >= 0.6 is 11.6 Å². The zero-order valence-electron chi connectivity index (χ0n) is 29.0. The molecule has 0 bridgehead atoms. The molecule has 0 aliphatic carbocycles. The summed E-state index contributed by atoms with van der Waals surface area (Å²) in [5, 5.41) is 31.4. The molecule has 5 rings (SSSR count). The fourth-order valence-corrected chi connectivity index (χ4v) is 5.75. The number of imidazole rings is 1. The Bertz CT molecular complexity index is 1850. The number of likely N-dealkylation sites (tertiary alicyclic amines) is 1. The molecule has 0 radical (unpaired) electrons. The molecule has 0 unspecified atom stereocenters. The molecule has 0 spiro atoms. The monoisotopic (exact) mass is 785 g/mol. The maximum Gasteiger partial charge on any atom is 0.490 e. The number of aromatic nitrogens is 2. The van der Waals surface area contributed by atoms with Crippen molar-refractivity contribution < 1.29 is 56.1 Å². The molecule has 2 fully saturated rings. The van der Waals surface area contributed by atoms with Gasteiger partial charge in [0.2, 0.25) is 11.7 Å². The number of carbonyl (C=O) groups is 4. The smallest absolute Gasteiger partial charge is 0.476 e. The number of ether oxygens (including phenoxy) is 1. The average molecular weight is 786 g/mol. The van der Waals surface area contributed by atoms with Crippen molar-refractivity contribution in [2.24, 2.45) is 13.0 Å². The molecule has 3 aromatic rings. The highest BCUT2D eigenvalue weighted by Crippen LogP contribution is 2.30. The minimum atomic E-state index is -5.08. The Morgan fingerprint density at radius 3 is 2.33 bits per heavy atom. The van der Waals surface area contributed by atoms with Crippen molar-refractivity contribution in [2.75, 3.05) is 58.3 Å². The van der Waals surface area contributed by atoms with E-state index >= 15 is 0 Å². The number of aldehydes is 1. The molecular weight excluding hydrogens is 749 g/mol. The normalized spacial score (nSPS) is 15.8. The summed E-state index contributed by atoms with van der Waals surface area (Å²) in [6.07, 6.45) is -1.98. The van der Waals surface area contributed by atoms with Crippen molar-refractivity contribution in [3.8, 4) is 23.1 Å². The second-order valence-corrected chi connectivity index (χ2v) is 12.2. The first-order chi connectivity index (χ1) is 25.6. The summed E-state index contributed by atoms with van der Waals surface area (Å²) in [4.78, 5) is 52.5. The molecular formula is C34H37ClF5N7O7. The number of carboxylic acid groups (broad SMARTS) is 1. The second-order valence-electron chi connectivity index (χ2n) is 11.8. The van der Waals surface area contributed by atoms with E-state index in [1.54, 1.807) is 30.1 Å². The third kappa shape index (κ3) is 11.1. The molecule has 2 amide bonds. The van der Waals surface area contributed by atoms with Crippen LogP contribution in [0.25, 0.3) is 11.3 Å². The van der Waals surface area contributed by atoms with E-state index in [1.165, 1.54) is 29.9 Å². The highest BCUT2D eigenvalue weighted by atomic mass is 35.5. The summed E-state index contributed by atoms with van der Waals surface area (Å²) in [5.74, 6) is -5.32. The van der Waals surface area contributed by atoms with Crippen LogP contribution in [0.1, 0.15) is 33.8 Å². The van der Waals surface area contributed by atoms with Crippen LogP contribution in [-0.2, 0) is 16.6 Å². The average Bonchev–Trinajstić information content (AvgIpc) is 3.54. The molecule has 1 aromatic heterocycles. The van der Waals surface area contributed by atoms with Gasteiger partial charge >= 0.3 is 12.1 Å². The van der Waals surface area contributed by atoms with Gasteiger partial charge in [0.25, 0.3) is 5.91 Å². The molecule has 1 atom stereocenters. The summed E-state index contributed by atoms with van der Waals surface area (Å²) in [5.41, 5.74) is 1.57. The number of nitrogens with zero attached hydrogens (tertiary/aromatic N) is 5. The molecule has 2 saturated heterocycles. The van der Waals surface area contributed by atoms with Gasteiger partial charge in [0.1, 0.15) is 6.07 Å². The van der Waals surface area contributed by atoms with E-state index in [0.717, 1.165) is 5.69 Å². The number of aliphatic carboxylic acids is 1. The number of nitriles is 1. The SMILES string of the molecule is CNc1ccc(C(=O)N2CCC(C(=O)N3CCN[C@@H](CO)C3)CC2)c(Cl)c1.Cn1c(-c2ccc(OCC#N)c(F)c2F)cnc1C=O.O=C(O)C(F)(F)F. The summed E-state index contributed by atoms with van der Waals surface area (Å²) in [7, 11) is 3.32. The van der Waals surface area contributed by atoms with Crippen LogP contribution in [0.2, 0.25) is 5.02 Å². The van der Waals surface area contributed by atoms with Gasteiger partial charge in [-0.25, -0.2) is 14.2 Å². The third-order valence-electron chi connectivity index (χ3n) is 8.39. The van der Waals surface area contributed by atoms with Crippen LogP contribution < -0.4 is 15.4 Å². The number of halogens is 6. The summed E-state index contributed by atoms with van der Waals surface area (Å²) < 4.78 is 65.6. The predicted octanol–water partition coefficient (Wildman–Crippen LogP) is 3.74. The van der Waals surface area contributed by atoms with Crippen molar-refractivity contribution >= 4 is 41.4 Å². The summed E-state index contributed by atoms with van der Waals surface area (Å²) in [6, 6.07) is 9.45. The number of piperazine rings is 1. The number of aliphatic hydroxyl groups excluding tert-OH is 1. The van der Waals surface area contributed by atoms with Gasteiger partial charge in [-0.2, -0.15) is 22.8 Å². The molecule has 3 heterocycles. The van der Waals surface area contributed by atoms with Crippen molar-refractivity contribution in [3.05, 3.63) is 64.6 Å². The zero-order valence-corrected chi connectivity index (χ0v) is 29.8. The fraction of sp³-hybridized carbons (Fsp3) is 0.412. The molecule has 14 nitrogen and oxygen atoms in total. The van der Waals surface area contributed by atoms with Gasteiger partial charge in [-0.1, -0.05) is 11.6 Å². The summed E-state index contributed by atoms with van der Waals surface area (Å²) >= 11 is 6.26. The number of piperidine rings is 1. The highest BCUT2D eigenvalue weighted by molar-refractivity contribution is 6.34.